The molecular formula is C15H17Cl2N3O3S. The van der Waals surface area contributed by atoms with Crippen LogP contribution in [0.3, 0.4) is 0 Å². The predicted octanol–water partition coefficient (Wildman–Crippen LogP) is 4.01. The lowest BCUT2D eigenvalue weighted by molar-refractivity contribution is -0.137. The van der Waals surface area contributed by atoms with Crippen molar-refractivity contribution in [3.05, 3.63) is 34.1 Å². The van der Waals surface area contributed by atoms with Crippen LogP contribution in [0.5, 0.6) is 5.75 Å². The SMILES string of the molecule is CCn1c(SCC(=O)OC)nnc1C(C)Oc1ccc(Cl)cc1Cl. The van der Waals surface area contributed by atoms with Crippen molar-refractivity contribution in [2.45, 2.75) is 31.7 Å². The second-order valence-corrected chi connectivity index (χ2v) is 6.57. The van der Waals surface area contributed by atoms with Crippen LogP contribution in [-0.2, 0) is 16.1 Å². The Bertz CT molecular complexity index is 724. The molecule has 1 heterocycles. The number of hydrogen-bond acceptors (Lipinski definition) is 6. The van der Waals surface area contributed by atoms with Crippen LogP contribution in [0.1, 0.15) is 25.8 Å². The third kappa shape index (κ3) is 4.55. The number of aromatic nitrogens is 3. The first kappa shape index (κ1) is 18.9. The first-order valence-electron chi connectivity index (χ1n) is 7.20. The molecule has 0 fully saturated rings. The summed E-state index contributed by atoms with van der Waals surface area (Å²) in [7, 11) is 1.35. The van der Waals surface area contributed by atoms with Gasteiger partial charge in [-0.1, -0.05) is 35.0 Å². The zero-order chi connectivity index (χ0) is 17.7. The van der Waals surface area contributed by atoms with Gasteiger partial charge in [-0.15, -0.1) is 10.2 Å². The summed E-state index contributed by atoms with van der Waals surface area (Å²) in [4.78, 5) is 11.3. The van der Waals surface area contributed by atoms with E-state index in [1.165, 1.54) is 18.9 Å². The van der Waals surface area contributed by atoms with Crippen molar-refractivity contribution < 1.29 is 14.3 Å². The second-order valence-electron chi connectivity index (χ2n) is 4.78. The maximum atomic E-state index is 11.3. The van der Waals surface area contributed by atoms with Crippen molar-refractivity contribution >= 4 is 40.9 Å². The van der Waals surface area contributed by atoms with E-state index >= 15 is 0 Å². The summed E-state index contributed by atoms with van der Waals surface area (Å²) < 4.78 is 12.4. The molecule has 0 aliphatic carbocycles. The lowest BCUT2D eigenvalue weighted by Gasteiger charge is -2.16. The second kappa shape index (κ2) is 8.60. The highest BCUT2D eigenvalue weighted by Gasteiger charge is 2.20. The van der Waals surface area contributed by atoms with E-state index in [4.69, 9.17) is 27.9 Å². The van der Waals surface area contributed by atoms with Gasteiger partial charge in [0.2, 0.25) is 0 Å². The van der Waals surface area contributed by atoms with Crippen LogP contribution in [0.4, 0.5) is 0 Å². The summed E-state index contributed by atoms with van der Waals surface area (Å²) in [5.74, 6) is 1.02. The molecular weight excluding hydrogens is 373 g/mol. The third-order valence-corrected chi connectivity index (χ3v) is 4.64. The number of hydrogen-bond donors (Lipinski definition) is 0. The molecule has 0 aliphatic rings. The number of carbonyl (C=O) groups is 1. The van der Waals surface area contributed by atoms with Crippen LogP contribution in [0, 0.1) is 0 Å². The zero-order valence-corrected chi connectivity index (χ0v) is 15.8. The van der Waals surface area contributed by atoms with Crippen molar-refractivity contribution in [3.63, 3.8) is 0 Å². The van der Waals surface area contributed by atoms with E-state index in [9.17, 15) is 4.79 Å². The van der Waals surface area contributed by atoms with E-state index in [1.54, 1.807) is 18.2 Å². The number of methoxy groups -OCH3 is 1. The summed E-state index contributed by atoms with van der Waals surface area (Å²) in [6.07, 6.45) is -0.372. The summed E-state index contributed by atoms with van der Waals surface area (Å²) in [5, 5.41) is 9.91. The molecule has 0 spiro atoms. The lowest BCUT2D eigenvalue weighted by Crippen LogP contribution is -2.12. The van der Waals surface area contributed by atoms with Crippen molar-refractivity contribution in [1.82, 2.24) is 14.8 Å². The molecule has 1 unspecified atom stereocenters. The van der Waals surface area contributed by atoms with Crippen LogP contribution in [-0.4, -0.2) is 33.6 Å². The van der Waals surface area contributed by atoms with Gasteiger partial charge in [0.05, 0.1) is 17.9 Å². The van der Waals surface area contributed by atoms with Gasteiger partial charge in [0, 0.05) is 11.6 Å². The minimum Gasteiger partial charge on any atom is -0.481 e. The van der Waals surface area contributed by atoms with Crippen molar-refractivity contribution in [1.29, 1.82) is 0 Å². The first-order valence-corrected chi connectivity index (χ1v) is 8.94. The van der Waals surface area contributed by atoms with Gasteiger partial charge in [-0.3, -0.25) is 4.79 Å². The van der Waals surface area contributed by atoms with Crippen molar-refractivity contribution in [3.8, 4) is 5.75 Å². The van der Waals surface area contributed by atoms with Gasteiger partial charge >= 0.3 is 5.97 Å². The standard InChI is InChI=1S/C15H17Cl2N3O3S/c1-4-20-14(18-19-15(20)24-8-13(21)22-3)9(2)23-12-6-5-10(16)7-11(12)17/h5-7,9H,4,8H2,1-3H3. The fourth-order valence-electron chi connectivity index (χ4n) is 2.00. The predicted molar refractivity (Wildman–Crippen MR) is 93.9 cm³/mol. The largest absolute Gasteiger partial charge is 0.481 e. The number of thioether (sulfide) groups is 1. The van der Waals surface area contributed by atoms with E-state index in [0.29, 0.717) is 33.3 Å². The Morgan fingerprint density at radius 2 is 2.12 bits per heavy atom. The quantitative estimate of drug-likeness (QED) is 0.526. The molecule has 0 radical (unpaired) electrons. The summed E-state index contributed by atoms with van der Waals surface area (Å²) >= 11 is 13.3. The Kier molecular flexibility index (Phi) is 6.77. The van der Waals surface area contributed by atoms with Gasteiger partial charge in [0.25, 0.3) is 0 Å². The molecule has 1 aromatic heterocycles. The number of halogens is 2. The highest BCUT2D eigenvalue weighted by molar-refractivity contribution is 7.99. The van der Waals surface area contributed by atoms with Gasteiger partial charge < -0.3 is 14.0 Å². The van der Waals surface area contributed by atoms with Gasteiger partial charge in [-0.05, 0) is 32.0 Å². The van der Waals surface area contributed by atoms with Gasteiger partial charge in [-0.25, -0.2) is 0 Å². The average molecular weight is 390 g/mol. The van der Waals surface area contributed by atoms with Gasteiger partial charge in [-0.2, -0.15) is 0 Å². The van der Waals surface area contributed by atoms with Gasteiger partial charge in [0.15, 0.2) is 17.1 Å². The number of rotatable bonds is 7. The van der Waals surface area contributed by atoms with E-state index in [-0.39, 0.29) is 17.8 Å². The molecule has 6 nitrogen and oxygen atoms in total. The highest BCUT2D eigenvalue weighted by atomic mass is 35.5. The molecule has 130 valence electrons. The maximum absolute atomic E-state index is 11.3. The minimum absolute atomic E-state index is 0.173. The van der Waals surface area contributed by atoms with Crippen LogP contribution in [0.15, 0.2) is 23.4 Å². The Hall–Kier alpha value is -1.44. The van der Waals surface area contributed by atoms with E-state index in [0.717, 1.165) is 0 Å². The van der Waals surface area contributed by atoms with Crippen molar-refractivity contribution in [2.24, 2.45) is 0 Å². The fourth-order valence-corrected chi connectivity index (χ4v) is 3.30. The Labute approximate surface area is 154 Å². The molecule has 1 atom stereocenters. The van der Waals surface area contributed by atoms with Crippen molar-refractivity contribution in [2.75, 3.05) is 12.9 Å². The Balaban J connectivity index is 2.15. The molecule has 0 bridgehead atoms. The molecule has 9 heteroatoms. The maximum Gasteiger partial charge on any atom is 0.316 e. The minimum atomic E-state index is -0.372. The topological polar surface area (TPSA) is 66.2 Å². The third-order valence-electron chi connectivity index (χ3n) is 3.17. The summed E-state index contributed by atoms with van der Waals surface area (Å²) in [6.45, 7) is 4.47. The number of esters is 1. The van der Waals surface area contributed by atoms with E-state index < -0.39 is 0 Å². The number of benzene rings is 1. The Morgan fingerprint density at radius 3 is 2.75 bits per heavy atom. The van der Waals surface area contributed by atoms with E-state index in [2.05, 4.69) is 14.9 Å². The van der Waals surface area contributed by atoms with E-state index in [1.807, 2.05) is 18.4 Å². The number of nitrogens with zero attached hydrogens (tertiary/aromatic N) is 3. The molecule has 0 amide bonds. The van der Waals surface area contributed by atoms with Crippen LogP contribution in [0.2, 0.25) is 10.0 Å². The van der Waals surface area contributed by atoms with Crippen LogP contribution >= 0.6 is 35.0 Å². The fraction of sp³-hybridized carbons (Fsp3) is 0.400. The molecule has 0 saturated heterocycles. The highest BCUT2D eigenvalue weighted by Crippen LogP contribution is 2.31. The number of ether oxygens (including phenoxy) is 2. The molecule has 24 heavy (non-hydrogen) atoms. The lowest BCUT2D eigenvalue weighted by atomic mass is 10.3. The monoisotopic (exact) mass is 389 g/mol. The molecule has 0 saturated carbocycles. The average Bonchev–Trinajstić information content (AvgIpc) is 2.98. The first-order chi connectivity index (χ1) is 11.5. The number of carbonyl (C=O) groups excluding carboxylic acids is 1. The molecule has 2 rings (SSSR count). The molecule has 0 N–H and O–H groups in total. The smallest absolute Gasteiger partial charge is 0.316 e. The molecule has 2 aromatic rings. The van der Waals surface area contributed by atoms with Crippen LogP contribution < -0.4 is 4.74 Å². The summed E-state index contributed by atoms with van der Waals surface area (Å²) in [5.41, 5.74) is 0. The normalized spacial score (nSPS) is 12.0. The Morgan fingerprint density at radius 1 is 1.38 bits per heavy atom. The van der Waals surface area contributed by atoms with Crippen LogP contribution in [0.25, 0.3) is 0 Å². The molecule has 0 aliphatic heterocycles. The van der Waals surface area contributed by atoms with Gasteiger partial charge in [0.1, 0.15) is 5.75 Å². The summed E-state index contributed by atoms with van der Waals surface area (Å²) in [6, 6.07) is 5.03. The molecule has 1 aromatic carbocycles. The zero-order valence-electron chi connectivity index (χ0n) is 13.5.